The topological polar surface area (TPSA) is 96.6 Å². The van der Waals surface area contributed by atoms with Gasteiger partial charge in [0.05, 0.1) is 16.8 Å². The Hall–Kier alpha value is -2.72. The van der Waals surface area contributed by atoms with Gasteiger partial charge in [0.15, 0.2) is 0 Å². The van der Waals surface area contributed by atoms with Crippen molar-refractivity contribution in [2.45, 2.75) is 27.3 Å². The van der Waals surface area contributed by atoms with Crippen molar-refractivity contribution >= 4 is 33.0 Å². The number of carbonyl (C=O) groups excluding carboxylic acids is 1. The van der Waals surface area contributed by atoms with E-state index in [1.807, 2.05) is 44.4 Å². The highest BCUT2D eigenvalue weighted by Gasteiger charge is 2.25. The number of thiophene rings is 1. The Labute approximate surface area is 180 Å². The third kappa shape index (κ3) is 5.06. The van der Waals surface area contributed by atoms with Crippen LogP contribution in [0, 0.1) is 13.8 Å². The molecule has 0 N–H and O–H groups in total. The molecule has 0 bridgehead atoms. The summed E-state index contributed by atoms with van der Waals surface area (Å²) in [6, 6.07) is 9.10. The molecule has 0 atom stereocenters. The highest BCUT2D eigenvalue weighted by molar-refractivity contribution is 7.92. The number of aryl methyl sites for hydroxylation is 2. The van der Waals surface area contributed by atoms with E-state index in [0.29, 0.717) is 23.9 Å². The van der Waals surface area contributed by atoms with Crippen LogP contribution in [-0.2, 0) is 21.4 Å². The summed E-state index contributed by atoms with van der Waals surface area (Å²) >= 11 is 1.49. The summed E-state index contributed by atoms with van der Waals surface area (Å²) < 4.78 is 31.2. The average Bonchev–Trinajstić information content (AvgIpc) is 3.37. The fraction of sp³-hybridized carbons (Fsp3) is 0.350. The lowest BCUT2D eigenvalue weighted by Crippen LogP contribution is -2.42. The van der Waals surface area contributed by atoms with Gasteiger partial charge < -0.3 is 9.42 Å². The standard InChI is InChI=1S/C20H24N4O4S2/c1-5-23(12-18-21-20(22-28-18)17-7-6-10-29-17)19(25)13-24(30(4,26)27)16-9-8-14(2)15(3)11-16/h6-11H,5,12-13H2,1-4H3. The van der Waals surface area contributed by atoms with Crippen LogP contribution in [0.5, 0.6) is 0 Å². The molecule has 0 aliphatic carbocycles. The molecule has 0 fully saturated rings. The van der Waals surface area contributed by atoms with Crippen molar-refractivity contribution in [3.05, 3.63) is 52.7 Å². The first-order chi connectivity index (χ1) is 14.2. The molecule has 0 unspecified atom stereocenters. The van der Waals surface area contributed by atoms with Crippen LogP contribution in [0.25, 0.3) is 10.7 Å². The molecule has 0 aliphatic heterocycles. The Morgan fingerprint density at radius 3 is 2.57 bits per heavy atom. The minimum absolute atomic E-state index is 0.109. The zero-order valence-corrected chi connectivity index (χ0v) is 19.0. The maximum Gasteiger partial charge on any atom is 0.246 e. The fourth-order valence-electron chi connectivity index (χ4n) is 2.87. The first-order valence-corrected chi connectivity index (χ1v) is 12.1. The Morgan fingerprint density at radius 2 is 1.97 bits per heavy atom. The van der Waals surface area contributed by atoms with Crippen LogP contribution in [0.3, 0.4) is 0 Å². The largest absolute Gasteiger partial charge is 0.337 e. The summed E-state index contributed by atoms with van der Waals surface area (Å²) in [6.45, 7) is 5.84. The van der Waals surface area contributed by atoms with Crippen molar-refractivity contribution in [2.75, 3.05) is 23.7 Å². The van der Waals surface area contributed by atoms with E-state index in [1.54, 1.807) is 12.1 Å². The lowest BCUT2D eigenvalue weighted by atomic mass is 10.1. The van der Waals surface area contributed by atoms with Crippen LogP contribution in [0.1, 0.15) is 23.9 Å². The van der Waals surface area contributed by atoms with E-state index < -0.39 is 10.0 Å². The van der Waals surface area contributed by atoms with Gasteiger partial charge >= 0.3 is 0 Å². The van der Waals surface area contributed by atoms with Gasteiger partial charge in [0, 0.05) is 6.54 Å². The van der Waals surface area contributed by atoms with Crippen LogP contribution in [0.2, 0.25) is 0 Å². The van der Waals surface area contributed by atoms with Crippen molar-refractivity contribution in [3.63, 3.8) is 0 Å². The van der Waals surface area contributed by atoms with Crippen LogP contribution < -0.4 is 4.31 Å². The van der Waals surface area contributed by atoms with Crippen molar-refractivity contribution in [1.29, 1.82) is 0 Å². The van der Waals surface area contributed by atoms with Crippen LogP contribution in [-0.4, -0.2) is 48.7 Å². The summed E-state index contributed by atoms with van der Waals surface area (Å²) in [5.41, 5.74) is 2.46. The lowest BCUT2D eigenvalue weighted by Gasteiger charge is -2.26. The third-order valence-electron chi connectivity index (χ3n) is 4.73. The number of benzene rings is 1. The monoisotopic (exact) mass is 448 g/mol. The van der Waals surface area contributed by atoms with E-state index in [9.17, 15) is 13.2 Å². The Bertz CT molecular complexity index is 1120. The first-order valence-electron chi connectivity index (χ1n) is 9.38. The molecule has 3 rings (SSSR count). The quantitative estimate of drug-likeness (QED) is 0.525. The zero-order valence-electron chi connectivity index (χ0n) is 17.3. The number of anilines is 1. The smallest absolute Gasteiger partial charge is 0.246 e. The van der Waals surface area contributed by atoms with E-state index >= 15 is 0 Å². The fourth-order valence-corrected chi connectivity index (χ4v) is 4.36. The molecule has 30 heavy (non-hydrogen) atoms. The zero-order chi connectivity index (χ0) is 21.9. The van der Waals surface area contributed by atoms with Crippen molar-refractivity contribution < 1.29 is 17.7 Å². The van der Waals surface area contributed by atoms with Gasteiger partial charge in [0.2, 0.25) is 27.6 Å². The summed E-state index contributed by atoms with van der Waals surface area (Å²) in [5.74, 6) is 0.416. The van der Waals surface area contributed by atoms with E-state index in [0.717, 1.165) is 26.6 Å². The van der Waals surface area contributed by atoms with Crippen molar-refractivity contribution in [3.8, 4) is 10.7 Å². The molecule has 2 heterocycles. The highest BCUT2D eigenvalue weighted by atomic mass is 32.2. The van der Waals surface area contributed by atoms with Gasteiger partial charge in [0.25, 0.3) is 0 Å². The van der Waals surface area contributed by atoms with Gasteiger partial charge in [-0.25, -0.2) is 8.42 Å². The normalized spacial score (nSPS) is 11.5. The number of hydrogen-bond acceptors (Lipinski definition) is 7. The van der Waals surface area contributed by atoms with Crippen LogP contribution in [0.4, 0.5) is 5.69 Å². The Kier molecular flexibility index (Phi) is 6.57. The Morgan fingerprint density at radius 1 is 1.20 bits per heavy atom. The highest BCUT2D eigenvalue weighted by Crippen LogP contribution is 2.23. The van der Waals surface area contributed by atoms with Gasteiger partial charge in [-0.15, -0.1) is 11.3 Å². The molecule has 10 heteroatoms. The minimum Gasteiger partial charge on any atom is -0.337 e. The van der Waals surface area contributed by atoms with Crippen LogP contribution >= 0.6 is 11.3 Å². The second kappa shape index (κ2) is 8.97. The number of rotatable bonds is 8. The van der Waals surface area contributed by atoms with Gasteiger partial charge in [-0.05, 0) is 55.5 Å². The second-order valence-electron chi connectivity index (χ2n) is 6.94. The summed E-state index contributed by atoms with van der Waals surface area (Å²) in [4.78, 5) is 19.6. The molecule has 0 saturated heterocycles. The summed E-state index contributed by atoms with van der Waals surface area (Å²) in [7, 11) is -3.65. The number of nitrogens with zero attached hydrogens (tertiary/aromatic N) is 4. The molecule has 0 radical (unpaired) electrons. The molecule has 160 valence electrons. The van der Waals surface area contributed by atoms with E-state index in [2.05, 4.69) is 10.1 Å². The van der Waals surface area contributed by atoms with Gasteiger partial charge in [-0.2, -0.15) is 4.98 Å². The molecule has 0 saturated carbocycles. The lowest BCUT2D eigenvalue weighted by molar-refractivity contribution is -0.130. The first kappa shape index (κ1) is 22.0. The predicted molar refractivity (Wildman–Crippen MR) is 117 cm³/mol. The number of hydrogen-bond donors (Lipinski definition) is 0. The molecule has 8 nitrogen and oxygen atoms in total. The molecule has 0 spiro atoms. The molecule has 1 aromatic carbocycles. The van der Waals surface area contributed by atoms with Gasteiger partial charge in [-0.1, -0.05) is 17.3 Å². The van der Waals surface area contributed by atoms with Crippen LogP contribution in [0.15, 0.2) is 40.2 Å². The summed E-state index contributed by atoms with van der Waals surface area (Å²) in [6.07, 6.45) is 1.09. The van der Waals surface area contributed by atoms with Crippen molar-refractivity contribution in [1.82, 2.24) is 15.0 Å². The predicted octanol–water partition coefficient (Wildman–Crippen LogP) is 3.23. The van der Waals surface area contributed by atoms with E-state index in [-0.39, 0.29) is 19.0 Å². The molecule has 2 aromatic heterocycles. The third-order valence-corrected chi connectivity index (χ3v) is 6.73. The number of sulfonamides is 1. The molecule has 3 aromatic rings. The molecular formula is C20H24N4O4S2. The van der Waals surface area contributed by atoms with E-state index in [4.69, 9.17) is 4.52 Å². The maximum absolute atomic E-state index is 12.9. The minimum atomic E-state index is -3.65. The molecule has 1 amide bonds. The van der Waals surface area contributed by atoms with Crippen molar-refractivity contribution in [2.24, 2.45) is 0 Å². The van der Waals surface area contributed by atoms with Gasteiger partial charge in [0.1, 0.15) is 13.1 Å². The van der Waals surface area contributed by atoms with E-state index in [1.165, 1.54) is 16.2 Å². The number of amides is 1. The average molecular weight is 449 g/mol. The number of carbonyl (C=O) groups is 1. The number of likely N-dealkylation sites (N-methyl/N-ethyl adjacent to an activating group) is 1. The second-order valence-corrected chi connectivity index (χ2v) is 9.79. The maximum atomic E-state index is 12.9. The molecular weight excluding hydrogens is 424 g/mol. The van der Waals surface area contributed by atoms with Gasteiger partial charge in [-0.3, -0.25) is 9.10 Å². The SMILES string of the molecule is CCN(Cc1nc(-c2cccs2)no1)C(=O)CN(c1ccc(C)c(C)c1)S(C)(=O)=O. The number of aromatic nitrogens is 2. The Balaban J connectivity index is 1.77. The summed E-state index contributed by atoms with van der Waals surface area (Å²) in [5, 5.41) is 5.87. The molecule has 0 aliphatic rings.